The number of hydrogen-bond donors (Lipinski definition) is 0. The van der Waals surface area contributed by atoms with Gasteiger partial charge < -0.3 is 0 Å². The van der Waals surface area contributed by atoms with Crippen LogP contribution in [0.5, 0.6) is 0 Å². The van der Waals surface area contributed by atoms with E-state index in [1.807, 2.05) is 67.5 Å². The van der Waals surface area contributed by atoms with Crippen LogP contribution >= 0.6 is 0 Å². The van der Waals surface area contributed by atoms with Gasteiger partial charge in [0.2, 0.25) is 0 Å². The number of ketones is 1. The topological polar surface area (TPSA) is 20.3 Å². The Bertz CT molecular complexity index is 534. The molecule has 1 unspecified atom stereocenters. The minimum Gasteiger partial charge on any atom is -0.298 e. The normalized spacial score (nSPS) is 12.3. The van der Waals surface area contributed by atoms with Gasteiger partial charge in [0.1, 0.15) is 0 Å². The van der Waals surface area contributed by atoms with Crippen LogP contribution in [-0.2, 0) is 11.2 Å². The average Bonchev–Trinajstić information content (AvgIpc) is 2.47. The third kappa shape index (κ3) is 3.78. The van der Waals surface area contributed by atoms with Crippen molar-refractivity contribution in [3.8, 4) is 0 Å². The second-order valence-electron chi connectivity index (χ2n) is 5.23. The Morgan fingerprint density at radius 2 is 1.50 bits per heavy atom. The van der Waals surface area contributed by atoms with Crippen LogP contribution in [0.25, 0.3) is 0 Å². The average molecular weight is 267 g/mol. The molecular formula is C18H21NO. The van der Waals surface area contributed by atoms with E-state index < -0.39 is 0 Å². The first kappa shape index (κ1) is 14.5. The van der Waals surface area contributed by atoms with Crippen LogP contribution in [-0.4, -0.2) is 24.8 Å². The molecule has 0 heterocycles. The lowest BCUT2D eigenvalue weighted by Gasteiger charge is -2.23. The number of likely N-dealkylation sites (N-methyl/N-ethyl adjacent to an activating group) is 1. The molecule has 0 aliphatic rings. The van der Waals surface area contributed by atoms with Crippen molar-refractivity contribution < 1.29 is 4.79 Å². The predicted octanol–water partition coefficient (Wildman–Crippen LogP) is 3.49. The predicted molar refractivity (Wildman–Crippen MR) is 82.6 cm³/mol. The number of carbonyl (C=O) groups is 1. The van der Waals surface area contributed by atoms with E-state index in [1.54, 1.807) is 0 Å². The van der Waals surface area contributed by atoms with Crippen LogP contribution in [0.1, 0.15) is 23.6 Å². The smallest absolute Gasteiger partial charge is 0.154 e. The summed E-state index contributed by atoms with van der Waals surface area (Å²) in [5.41, 5.74) is 2.28. The standard InChI is InChI=1S/C18H21NO/c1-19(2)18(16-11-7-4-8-12-16)17(20)14-13-15-9-5-3-6-10-15/h3-12,18H,13-14H2,1-2H3. The Hall–Kier alpha value is -1.93. The third-order valence-corrected chi connectivity index (χ3v) is 3.44. The van der Waals surface area contributed by atoms with Gasteiger partial charge >= 0.3 is 0 Å². The number of rotatable bonds is 6. The molecule has 0 N–H and O–H groups in total. The Balaban J connectivity index is 2.05. The molecule has 0 aliphatic heterocycles. The zero-order chi connectivity index (χ0) is 14.4. The molecule has 0 aliphatic carbocycles. The van der Waals surface area contributed by atoms with Gasteiger partial charge in [0.25, 0.3) is 0 Å². The van der Waals surface area contributed by atoms with E-state index in [9.17, 15) is 4.79 Å². The van der Waals surface area contributed by atoms with Gasteiger partial charge in [-0.25, -0.2) is 0 Å². The first-order valence-corrected chi connectivity index (χ1v) is 6.96. The van der Waals surface area contributed by atoms with Gasteiger partial charge in [-0.3, -0.25) is 9.69 Å². The minimum absolute atomic E-state index is 0.153. The van der Waals surface area contributed by atoms with Crippen molar-refractivity contribution in [2.75, 3.05) is 14.1 Å². The minimum atomic E-state index is -0.153. The summed E-state index contributed by atoms with van der Waals surface area (Å²) < 4.78 is 0. The highest BCUT2D eigenvalue weighted by molar-refractivity contribution is 5.85. The van der Waals surface area contributed by atoms with Gasteiger partial charge in [-0.15, -0.1) is 0 Å². The van der Waals surface area contributed by atoms with E-state index in [-0.39, 0.29) is 11.8 Å². The Morgan fingerprint density at radius 1 is 0.950 bits per heavy atom. The number of aryl methyl sites for hydroxylation is 1. The van der Waals surface area contributed by atoms with Crippen LogP contribution in [0.2, 0.25) is 0 Å². The second kappa shape index (κ2) is 7.01. The summed E-state index contributed by atoms with van der Waals surface area (Å²) in [6, 6.07) is 20.0. The highest BCUT2D eigenvalue weighted by atomic mass is 16.1. The summed E-state index contributed by atoms with van der Waals surface area (Å²) in [5, 5.41) is 0. The zero-order valence-corrected chi connectivity index (χ0v) is 12.1. The van der Waals surface area contributed by atoms with Crippen molar-refractivity contribution >= 4 is 5.78 Å². The number of Topliss-reactive ketones (excluding diaryl/α,β-unsaturated/α-hetero) is 1. The van der Waals surface area contributed by atoms with Crippen LogP contribution in [0, 0.1) is 0 Å². The van der Waals surface area contributed by atoms with Crippen molar-refractivity contribution in [2.45, 2.75) is 18.9 Å². The molecule has 0 aromatic heterocycles. The van der Waals surface area contributed by atoms with Gasteiger partial charge in [0.05, 0.1) is 6.04 Å². The van der Waals surface area contributed by atoms with E-state index in [4.69, 9.17) is 0 Å². The molecule has 0 bridgehead atoms. The lowest BCUT2D eigenvalue weighted by Crippen LogP contribution is -2.28. The van der Waals surface area contributed by atoms with Gasteiger partial charge in [-0.2, -0.15) is 0 Å². The van der Waals surface area contributed by atoms with Crippen molar-refractivity contribution in [3.63, 3.8) is 0 Å². The molecule has 2 rings (SSSR count). The highest BCUT2D eigenvalue weighted by Gasteiger charge is 2.21. The van der Waals surface area contributed by atoms with Crippen LogP contribution in [0.15, 0.2) is 60.7 Å². The van der Waals surface area contributed by atoms with E-state index in [1.165, 1.54) is 5.56 Å². The van der Waals surface area contributed by atoms with Crippen molar-refractivity contribution in [1.29, 1.82) is 0 Å². The highest BCUT2D eigenvalue weighted by Crippen LogP contribution is 2.21. The molecule has 0 saturated heterocycles. The first-order valence-electron chi connectivity index (χ1n) is 6.96. The van der Waals surface area contributed by atoms with Gasteiger partial charge in [-0.05, 0) is 31.6 Å². The van der Waals surface area contributed by atoms with Crippen LogP contribution in [0.3, 0.4) is 0 Å². The fraction of sp³-hybridized carbons (Fsp3) is 0.278. The largest absolute Gasteiger partial charge is 0.298 e. The maximum Gasteiger partial charge on any atom is 0.154 e. The number of carbonyl (C=O) groups excluding carboxylic acids is 1. The summed E-state index contributed by atoms with van der Waals surface area (Å²) in [5.74, 6) is 0.269. The van der Waals surface area contributed by atoms with E-state index >= 15 is 0 Å². The fourth-order valence-electron chi connectivity index (χ4n) is 2.46. The number of benzene rings is 2. The lowest BCUT2D eigenvalue weighted by atomic mass is 9.97. The quantitative estimate of drug-likeness (QED) is 0.798. The molecule has 20 heavy (non-hydrogen) atoms. The van der Waals surface area contributed by atoms with Gasteiger partial charge in [0.15, 0.2) is 5.78 Å². The first-order chi connectivity index (χ1) is 9.68. The summed E-state index contributed by atoms with van der Waals surface area (Å²) in [4.78, 5) is 14.5. The second-order valence-corrected chi connectivity index (χ2v) is 5.23. The summed E-state index contributed by atoms with van der Waals surface area (Å²) in [6.07, 6.45) is 1.37. The molecule has 0 spiro atoms. The van der Waals surface area contributed by atoms with Crippen LogP contribution in [0.4, 0.5) is 0 Å². The third-order valence-electron chi connectivity index (χ3n) is 3.44. The molecule has 104 valence electrons. The van der Waals surface area contributed by atoms with E-state index in [0.29, 0.717) is 6.42 Å². The van der Waals surface area contributed by atoms with Gasteiger partial charge in [0, 0.05) is 6.42 Å². The molecule has 0 radical (unpaired) electrons. The molecule has 1 atom stereocenters. The SMILES string of the molecule is CN(C)C(C(=O)CCc1ccccc1)c1ccccc1. The van der Waals surface area contributed by atoms with Crippen molar-refractivity contribution in [1.82, 2.24) is 4.90 Å². The summed E-state index contributed by atoms with van der Waals surface area (Å²) in [6.45, 7) is 0. The molecule has 0 amide bonds. The maximum absolute atomic E-state index is 12.5. The molecule has 0 saturated carbocycles. The maximum atomic E-state index is 12.5. The van der Waals surface area contributed by atoms with Crippen molar-refractivity contribution in [3.05, 3.63) is 71.8 Å². The monoisotopic (exact) mass is 267 g/mol. The molecule has 2 nitrogen and oxygen atoms in total. The van der Waals surface area contributed by atoms with Crippen molar-refractivity contribution in [2.24, 2.45) is 0 Å². The Labute approximate surface area is 121 Å². The fourth-order valence-corrected chi connectivity index (χ4v) is 2.46. The number of hydrogen-bond acceptors (Lipinski definition) is 2. The molecular weight excluding hydrogens is 246 g/mol. The molecule has 2 heteroatoms. The lowest BCUT2D eigenvalue weighted by molar-refractivity contribution is -0.123. The van der Waals surface area contributed by atoms with Crippen LogP contribution < -0.4 is 0 Å². The molecule has 2 aromatic carbocycles. The van der Waals surface area contributed by atoms with E-state index in [2.05, 4.69) is 12.1 Å². The summed E-state index contributed by atoms with van der Waals surface area (Å²) >= 11 is 0. The summed E-state index contributed by atoms with van der Waals surface area (Å²) in [7, 11) is 3.91. The van der Waals surface area contributed by atoms with Gasteiger partial charge in [-0.1, -0.05) is 60.7 Å². The number of nitrogens with zero attached hydrogens (tertiary/aromatic N) is 1. The molecule has 0 fully saturated rings. The Kier molecular flexibility index (Phi) is 5.08. The zero-order valence-electron chi connectivity index (χ0n) is 12.1. The molecule has 2 aromatic rings. The Morgan fingerprint density at radius 3 is 2.05 bits per heavy atom. The van der Waals surface area contributed by atoms with E-state index in [0.717, 1.165) is 12.0 Å².